The second-order valence-corrected chi connectivity index (χ2v) is 4.49. The lowest BCUT2D eigenvalue weighted by Crippen LogP contribution is -2.28. The molecule has 132 valence electrons. The molecule has 0 aromatic carbocycles. The number of aliphatic hydroxyl groups is 3. The van der Waals surface area contributed by atoms with Gasteiger partial charge >= 0.3 is 0 Å². The Balaban J connectivity index is 0.000000332. The molecule has 8 nitrogen and oxygen atoms in total. The smallest absolute Gasteiger partial charge is 0.189 e. The highest BCUT2D eigenvalue weighted by Gasteiger charge is 2.46. The molecule has 3 N–H and O–H groups in total. The third-order valence-corrected chi connectivity index (χ3v) is 2.76. The number of hydrogen-bond donors (Lipinski definition) is 3. The number of rotatable bonds is 5. The van der Waals surface area contributed by atoms with E-state index >= 15 is 0 Å². The van der Waals surface area contributed by atoms with Gasteiger partial charge in [0.1, 0.15) is 24.9 Å². The lowest BCUT2D eigenvalue weighted by atomic mass is 10.1. The maximum atomic E-state index is 10.8. The van der Waals surface area contributed by atoms with Crippen molar-refractivity contribution in [2.75, 3.05) is 39.6 Å². The Morgan fingerprint density at radius 2 is 1.73 bits per heavy atom. The molecule has 2 heterocycles. The number of hydrogen-bond acceptors (Lipinski definition) is 8. The minimum atomic E-state index is -0.614. The van der Waals surface area contributed by atoms with Crippen molar-refractivity contribution >= 4 is 5.78 Å². The van der Waals surface area contributed by atoms with E-state index in [0.29, 0.717) is 0 Å². The number of ketones is 1. The summed E-state index contributed by atoms with van der Waals surface area (Å²) in [5.41, 5.74) is 0. The molecule has 0 bridgehead atoms. The van der Waals surface area contributed by atoms with Gasteiger partial charge in [-0.3, -0.25) is 4.79 Å². The van der Waals surface area contributed by atoms with Crippen molar-refractivity contribution in [3.8, 4) is 0 Å². The van der Waals surface area contributed by atoms with Crippen LogP contribution in [0.5, 0.6) is 0 Å². The zero-order chi connectivity index (χ0) is 17.0. The van der Waals surface area contributed by atoms with Gasteiger partial charge in [-0.15, -0.1) is 0 Å². The molecule has 0 radical (unpaired) electrons. The van der Waals surface area contributed by atoms with Crippen LogP contribution in [0.1, 0.15) is 20.8 Å². The average molecular weight is 324 g/mol. The first-order chi connectivity index (χ1) is 10.5. The summed E-state index contributed by atoms with van der Waals surface area (Å²) < 4.78 is 20.1. The fraction of sp³-hybridized carbons (Fsp3) is 0.929. The number of carbonyl (C=O) groups is 1. The van der Waals surface area contributed by atoms with Crippen LogP contribution in [0.2, 0.25) is 0 Å². The van der Waals surface area contributed by atoms with Gasteiger partial charge in [-0.2, -0.15) is 0 Å². The molecule has 0 aliphatic carbocycles. The van der Waals surface area contributed by atoms with E-state index in [0.717, 1.165) is 13.2 Å². The Hall–Kier alpha value is -0.610. The van der Waals surface area contributed by atoms with E-state index in [2.05, 4.69) is 0 Å². The van der Waals surface area contributed by atoms with E-state index in [1.54, 1.807) is 0 Å². The Bertz CT molecular complexity index is 278. The minimum absolute atomic E-state index is 0.0370. The highest BCUT2D eigenvalue weighted by atomic mass is 16.7. The van der Waals surface area contributed by atoms with Gasteiger partial charge in [-0.1, -0.05) is 0 Å². The van der Waals surface area contributed by atoms with Crippen LogP contribution in [0.4, 0.5) is 0 Å². The Morgan fingerprint density at radius 3 is 2.14 bits per heavy atom. The average Bonchev–Trinajstić information content (AvgIpc) is 3.05. The van der Waals surface area contributed by atoms with Crippen LogP contribution in [0.15, 0.2) is 0 Å². The summed E-state index contributed by atoms with van der Waals surface area (Å²) >= 11 is 0. The van der Waals surface area contributed by atoms with Crippen LogP contribution < -0.4 is 0 Å². The number of carbonyl (C=O) groups excluding carboxylic acids is 1. The standard InChI is InChI=1S/C6H8O4.C6H14O2.C2H6O2/c7-3-1-9-6-4(8)2-10-5(3)6;1-4-7-6(3)8-5-2;3-1-2-4/h3,5-7H,1-2H2;6H,4-5H2,1-3H3;3-4H,1-2H2/t3-,5-,6-;;/m1../s1. The molecule has 22 heavy (non-hydrogen) atoms. The summed E-state index contributed by atoms with van der Waals surface area (Å²) in [7, 11) is 0. The van der Waals surface area contributed by atoms with Gasteiger partial charge in [0.15, 0.2) is 12.1 Å². The lowest BCUT2D eigenvalue weighted by molar-refractivity contribution is -0.125. The highest BCUT2D eigenvalue weighted by Crippen LogP contribution is 2.23. The van der Waals surface area contributed by atoms with Gasteiger partial charge in [0, 0.05) is 13.2 Å². The first-order valence-corrected chi connectivity index (χ1v) is 7.40. The molecule has 0 spiro atoms. The SMILES string of the molecule is CCOC(C)OCC.O=C1CO[C@@H]2[C@H](O)CO[C@H]12.OCCO. The first-order valence-electron chi connectivity index (χ1n) is 7.40. The van der Waals surface area contributed by atoms with Gasteiger partial charge in [-0.25, -0.2) is 0 Å². The monoisotopic (exact) mass is 324 g/mol. The summed E-state index contributed by atoms with van der Waals surface area (Å²) in [5.74, 6) is -0.0541. The summed E-state index contributed by atoms with van der Waals surface area (Å²) in [6.07, 6.45) is -1.54. The topological polar surface area (TPSA) is 115 Å². The van der Waals surface area contributed by atoms with Crippen molar-refractivity contribution in [1.82, 2.24) is 0 Å². The lowest BCUT2D eigenvalue weighted by Gasteiger charge is -2.09. The molecule has 2 aliphatic heterocycles. The summed E-state index contributed by atoms with van der Waals surface area (Å²) in [6, 6.07) is 0. The third-order valence-electron chi connectivity index (χ3n) is 2.76. The number of fused-ring (bicyclic) bond motifs is 1. The number of ether oxygens (including phenoxy) is 4. The number of aliphatic hydroxyl groups excluding tert-OH is 3. The molecule has 8 heteroatoms. The molecule has 0 aromatic heterocycles. The fourth-order valence-corrected chi connectivity index (χ4v) is 1.85. The van der Waals surface area contributed by atoms with Crippen molar-refractivity contribution < 1.29 is 39.1 Å². The Kier molecular flexibility index (Phi) is 12.5. The molecule has 0 saturated carbocycles. The van der Waals surface area contributed by atoms with Gasteiger partial charge in [0.2, 0.25) is 0 Å². The fourth-order valence-electron chi connectivity index (χ4n) is 1.85. The minimum Gasteiger partial charge on any atom is -0.394 e. The van der Waals surface area contributed by atoms with E-state index in [1.807, 2.05) is 20.8 Å². The molecule has 0 unspecified atom stereocenters. The van der Waals surface area contributed by atoms with Crippen LogP contribution in [0, 0.1) is 0 Å². The molecule has 3 atom stereocenters. The Morgan fingerprint density at radius 1 is 1.18 bits per heavy atom. The maximum absolute atomic E-state index is 10.8. The molecule has 2 saturated heterocycles. The normalized spacial score (nSPS) is 26.1. The van der Waals surface area contributed by atoms with E-state index in [-0.39, 0.29) is 38.5 Å². The summed E-state index contributed by atoms with van der Waals surface area (Å²) in [6.45, 7) is 7.31. The van der Waals surface area contributed by atoms with Gasteiger partial charge in [0.25, 0.3) is 0 Å². The van der Waals surface area contributed by atoms with E-state index in [9.17, 15) is 4.79 Å². The zero-order valence-electron chi connectivity index (χ0n) is 13.4. The molecule has 2 rings (SSSR count). The van der Waals surface area contributed by atoms with Gasteiger partial charge < -0.3 is 34.3 Å². The first kappa shape index (κ1) is 21.4. The van der Waals surface area contributed by atoms with Crippen LogP contribution in [-0.2, 0) is 23.7 Å². The predicted molar refractivity (Wildman–Crippen MR) is 77.4 cm³/mol. The van der Waals surface area contributed by atoms with Crippen molar-refractivity contribution in [3.05, 3.63) is 0 Å². The number of Topliss-reactive ketones (excluding diaryl/α,β-unsaturated/α-hetero) is 1. The summed E-state index contributed by atoms with van der Waals surface area (Å²) in [4.78, 5) is 10.8. The van der Waals surface area contributed by atoms with Crippen LogP contribution in [-0.4, -0.2) is 85.3 Å². The van der Waals surface area contributed by atoms with Crippen molar-refractivity contribution in [1.29, 1.82) is 0 Å². The zero-order valence-corrected chi connectivity index (χ0v) is 13.4. The van der Waals surface area contributed by atoms with E-state index in [1.165, 1.54) is 0 Å². The maximum Gasteiger partial charge on any atom is 0.189 e. The second kappa shape index (κ2) is 12.9. The molecular formula is C14H28O8. The van der Waals surface area contributed by atoms with Crippen molar-refractivity contribution in [2.45, 2.75) is 45.4 Å². The largest absolute Gasteiger partial charge is 0.394 e. The van der Waals surface area contributed by atoms with E-state index < -0.39 is 18.3 Å². The van der Waals surface area contributed by atoms with E-state index in [4.69, 9.17) is 34.3 Å². The van der Waals surface area contributed by atoms with Crippen molar-refractivity contribution in [3.63, 3.8) is 0 Å². The predicted octanol–water partition coefficient (Wildman–Crippen LogP) is -0.910. The molecule has 2 aliphatic rings. The third kappa shape index (κ3) is 8.14. The Labute approximate surface area is 130 Å². The molecule has 0 aromatic rings. The molecule has 2 fully saturated rings. The van der Waals surface area contributed by atoms with Crippen LogP contribution in [0.3, 0.4) is 0 Å². The van der Waals surface area contributed by atoms with Crippen LogP contribution >= 0.6 is 0 Å². The van der Waals surface area contributed by atoms with Crippen molar-refractivity contribution in [2.24, 2.45) is 0 Å². The molecule has 0 amide bonds. The van der Waals surface area contributed by atoms with Gasteiger partial charge in [0.05, 0.1) is 19.8 Å². The van der Waals surface area contributed by atoms with Crippen LogP contribution in [0.25, 0.3) is 0 Å². The van der Waals surface area contributed by atoms with Gasteiger partial charge in [-0.05, 0) is 20.8 Å². The second-order valence-electron chi connectivity index (χ2n) is 4.49. The summed E-state index contributed by atoms with van der Waals surface area (Å²) in [5, 5.41) is 24.4. The quantitative estimate of drug-likeness (QED) is 0.557. The molecular weight excluding hydrogens is 296 g/mol. The highest BCUT2D eigenvalue weighted by molar-refractivity contribution is 5.87.